The number of carbonyl (C=O) groups is 1. The molecular weight excluding hydrogens is 345 g/mol. The first-order valence-corrected chi connectivity index (χ1v) is 7.97. The number of nitrogens with one attached hydrogen (secondary N) is 1. The molecule has 0 aliphatic heterocycles. The molecular formula is C18H13Cl2N3O. The third-order valence-corrected chi connectivity index (χ3v) is 3.96. The molecule has 3 rings (SSSR count). The smallest absolute Gasteiger partial charge is 0.253 e. The lowest BCUT2D eigenvalue weighted by atomic mass is 10.1. The van der Waals surface area contributed by atoms with Gasteiger partial charge in [0.1, 0.15) is 0 Å². The largest absolute Gasteiger partial charge is 0.348 e. The molecule has 2 heterocycles. The number of aromatic nitrogens is 2. The Kier molecular flexibility index (Phi) is 5.08. The number of carbonyl (C=O) groups excluding carboxylic acids is 1. The van der Waals surface area contributed by atoms with Gasteiger partial charge in [-0.05, 0) is 42.0 Å². The number of benzene rings is 1. The molecule has 0 bridgehead atoms. The van der Waals surface area contributed by atoms with Gasteiger partial charge < -0.3 is 5.32 Å². The van der Waals surface area contributed by atoms with Gasteiger partial charge in [0.05, 0.1) is 16.3 Å². The van der Waals surface area contributed by atoms with Crippen LogP contribution in [-0.2, 0) is 6.54 Å². The van der Waals surface area contributed by atoms with Gasteiger partial charge >= 0.3 is 0 Å². The number of hydrogen-bond acceptors (Lipinski definition) is 3. The van der Waals surface area contributed by atoms with E-state index in [2.05, 4.69) is 15.3 Å². The highest BCUT2D eigenvalue weighted by atomic mass is 35.5. The molecule has 0 spiro atoms. The van der Waals surface area contributed by atoms with E-state index < -0.39 is 0 Å². The summed E-state index contributed by atoms with van der Waals surface area (Å²) in [6, 6.07) is 12.4. The third kappa shape index (κ3) is 3.91. The second kappa shape index (κ2) is 7.43. The molecule has 0 unspecified atom stereocenters. The zero-order valence-corrected chi connectivity index (χ0v) is 14.1. The fraction of sp³-hybridized carbons (Fsp3) is 0.0556. The molecule has 2 aromatic heterocycles. The molecule has 0 radical (unpaired) electrons. The Morgan fingerprint density at radius 3 is 2.62 bits per heavy atom. The van der Waals surface area contributed by atoms with Crippen LogP contribution in [-0.4, -0.2) is 15.9 Å². The van der Waals surface area contributed by atoms with Crippen LogP contribution in [0.1, 0.15) is 15.9 Å². The highest BCUT2D eigenvalue weighted by Crippen LogP contribution is 2.21. The van der Waals surface area contributed by atoms with Crippen molar-refractivity contribution in [2.75, 3.05) is 0 Å². The Labute approximate surface area is 149 Å². The van der Waals surface area contributed by atoms with Crippen molar-refractivity contribution in [1.29, 1.82) is 0 Å². The average Bonchev–Trinajstić information content (AvgIpc) is 2.61. The van der Waals surface area contributed by atoms with Gasteiger partial charge in [0.15, 0.2) is 0 Å². The van der Waals surface area contributed by atoms with E-state index in [9.17, 15) is 4.79 Å². The summed E-state index contributed by atoms with van der Waals surface area (Å²) in [4.78, 5) is 20.6. The van der Waals surface area contributed by atoms with Gasteiger partial charge in [-0.1, -0.05) is 29.3 Å². The normalized spacial score (nSPS) is 10.4. The summed E-state index contributed by atoms with van der Waals surface area (Å²) in [5.41, 5.74) is 3.06. The lowest BCUT2D eigenvalue weighted by Gasteiger charge is -2.08. The molecule has 0 saturated heterocycles. The first kappa shape index (κ1) is 16.4. The summed E-state index contributed by atoms with van der Waals surface area (Å²) < 4.78 is 0. The van der Waals surface area contributed by atoms with E-state index in [1.165, 1.54) is 0 Å². The van der Waals surface area contributed by atoms with Crippen molar-refractivity contribution < 1.29 is 4.79 Å². The van der Waals surface area contributed by atoms with E-state index in [4.69, 9.17) is 23.2 Å². The minimum absolute atomic E-state index is 0.256. The average molecular weight is 358 g/mol. The Morgan fingerprint density at radius 2 is 1.96 bits per heavy atom. The van der Waals surface area contributed by atoms with E-state index in [-0.39, 0.29) is 5.91 Å². The second-order valence-corrected chi connectivity index (χ2v) is 5.94. The fourth-order valence-electron chi connectivity index (χ4n) is 2.17. The molecule has 0 aliphatic rings. The Morgan fingerprint density at radius 1 is 1.08 bits per heavy atom. The van der Waals surface area contributed by atoms with Gasteiger partial charge in [-0.3, -0.25) is 14.8 Å². The standard InChI is InChI=1S/C18H13Cl2N3O/c19-14-4-5-15(16(20)8-14)18(24)23-10-12-3-6-17(22-9-12)13-2-1-7-21-11-13/h1-9,11H,10H2,(H,23,24). The molecule has 1 N–H and O–H groups in total. The number of pyridine rings is 2. The highest BCUT2D eigenvalue weighted by Gasteiger charge is 2.10. The summed E-state index contributed by atoms with van der Waals surface area (Å²) in [6.45, 7) is 0.359. The lowest BCUT2D eigenvalue weighted by molar-refractivity contribution is 0.0951. The zero-order chi connectivity index (χ0) is 16.9. The molecule has 1 amide bonds. The summed E-state index contributed by atoms with van der Waals surface area (Å²) in [6.07, 6.45) is 5.20. The summed E-state index contributed by atoms with van der Waals surface area (Å²) in [5.74, 6) is -0.256. The van der Waals surface area contributed by atoms with Gasteiger partial charge in [0.2, 0.25) is 0 Å². The van der Waals surface area contributed by atoms with E-state index in [1.807, 2.05) is 24.3 Å². The van der Waals surface area contributed by atoms with Crippen molar-refractivity contribution in [3.8, 4) is 11.3 Å². The Balaban J connectivity index is 1.65. The van der Waals surface area contributed by atoms with Crippen molar-refractivity contribution in [2.24, 2.45) is 0 Å². The second-order valence-electron chi connectivity index (χ2n) is 5.10. The van der Waals surface area contributed by atoms with Gasteiger partial charge in [0.25, 0.3) is 5.91 Å². The van der Waals surface area contributed by atoms with Gasteiger partial charge in [-0.15, -0.1) is 0 Å². The van der Waals surface area contributed by atoms with Crippen LogP contribution in [0.3, 0.4) is 0 Å². The van der Waals surface area contributed by atoms with Crippen LogP contribution in [0.5, 0.6) is 0 Å². The van der Waals surface area contributed by atoms with Crippen LogP contribution in [0, 0.1) is 0 Å². The minimum atomic E-state index is -0.256. The van der Waals surface area contributed by atoms with Crippen LogP contribution in [0.15, 0.2) is 61.1 Å². The number of hydrogen-bond donors (Lipinski definition) is 1. The van der Waals surface area contributed by atoms with E-state index in [1.54, 1.807) is 36.8 Å². The minimum Gasteiger partial charge on any atom is -0.348 e. The molecule has 0 fully saturated rings. The predicted octanol–water partition coefficient (Wildman–Crippen LogP) is 4.38. The molecule has 0 aliphatic carbocycles. The van der Waals surface area contributed by atoms with E-state index >= 15 is 0 Å². The van der Waals surface area contributed by atoms with Crippen LogP contribution in [0.25, 0.3) is 11.3 Å². The topological polar surface area (TPSA) is 54.9 Å². The van der Waals surface area contributed by atoms with Crippen molar-refractivity contribution >= 4 is 29.1 Å². The van der Waals surface area contributed by atoms with Gasteiger partial charge in [-0.25, -0.2) is 0 Å². The predicted molar refractivity (Wildman–Crippen MR) is 95.1 cm³/mol. The Bertz CT molecular complexity index is 852. The van der Waals surface area contributed by atoms with Crippen molar-refractivity contribution in [2.45, 2.75) is 6.54 Å². The van der Waals surface area contributed by atoms with Gasteiger partial charge in [-0.2, -0.15) is 0 Å². The molecule has 24 heavy (non-hydrogen) atoms. The van der Waals surface area contributed by atoms with Crippen LogP contribution in [0.4, 0.5) is 0 Å². The number of halogens is 2. The summed E-state index contributed by atoms with van der Waals surface area (Å²) in [5, 5.41) is 3.63. The van der Waals surface area contributed by atoms with Crippen LogP contribution in [0.2, 0.25) is 10.0 Å². The molecule has 0 saturated carbocycles. The molecule has 0 atom stereocenters. The van der Waals surface area contributed by atoms with E-state index in [0.29, 0.717) is 22.2 Å². The first-order valence-electron chi connectivity index (χ1n) is 7.22. The maximum atomic E-state index is 12.2. The SMILES string of the molecule is O=C(NCc1ccc(-c2cccnc2)nc1)c1ccc(Cl)cc1Cl. The molecule has 3 aromatic rings. The molecule has 4 nitrogen and oxygen atoms in total. The molecule has 6 heteroatoms. The van der Waals surface area contributed by atoms with Gasteiger partial charge in [0, 0.05) is 35.7 Å². The number of amides is 1. The first-order chi connectivity index (χ1) is 11.6. The summed E-state index contributed by atoms with van der Waals surface area (Å²) in [7, 11) is 0. The number of nitrogens with zero attached hydrogens (tertiary/aromatic N) is 2. The summed E-state index contributed by atoms with van der Waals surface area (Å²) >= 11 is 11.9. The third-order valence-electron chi connectivity index (χ3n) is 3.41. The lowest BCUT2D eigenvalue weighted by Crippen LogP contribution is -2.23. The molecule has 120 valence electrons. The van der Waals surface area contributed by atoms with Crippen LogP contribution >= 0.6 is 23.2 Å². The van der Waals surface area contributed by atoms with Crippen molar-refractivity contribution in [1.82, 2.24) is 15.3 Å². The quantitative estimate of drug-likeness (QED) is 0.753. The van der Waals surface area contributed by atoms with Crippen molar-refractivity contribution in [3.63, 3.8) is 0 Å². The highest BCUT2D eigenvalue weighted by molar-refractivity contribution is 6.36. The van der Waals surface area contributed by atoms with Crippen LogP contribution < -0.4 is 5.32 Å². The van der Waals surface area contributed by atoms with Crippen molar-refractivity contribution in [3.05, 3.63) is 82.2 Å². The monoisotopic (exact) mass is 357 g/mol. The molecule has 1 aromatic carbocycles. The Hall–Kier alpha value is -2.43. The number of rotatable bonds is 4. The zero-order valence-electron chi connectivity index (χ0n) is 12.5. The maximum Gasteiger partial charge on any atom is 0.253 e. The maximum absolute atomic E-state index is 12.2. The van der Waals surface area contributed by atoms with E-state index in [0.717, 1.165) is 16.8 Å². The fourth-order valence-corrected chi connectivity index (χ4v) is 2.66.